The van der Waals surface area contributed by atoms with Gasteiger partial charge in [-0.05, 0) is 24.3 Å². The summed E-state index contributed by atoms with van der Waals surface area (Å²) in [5, 5.41) is 0. The number of aromatic nitrogens is 2. The van der Waals surface area contributed by atoms with E-state index in [0.717, 1.165) is 11.6 Å². The summed E-state index contributed by atoms with van der Waals surface area (Å²) >= 11 is 0. The van der Waals surface area contributed by atoms with Gasteiger partial charge in [0, 0.05) is 51.7 Å². The Hall–Kier alpha value is -2.43. The van der Waals surface area contributed by atoms with E-state index in [1.165, 1.54) is 0 Å². The smallest absolute Gasteiger partial charge is 0.196 e. The largest absolute Gasteiger partial charge is 0.363 e. The Morgan fingerprint density at radius 1 is 0.800 bits per heavy atom. The van der Waals surface area contributed by atoms with E-state index in [9.17, 15) is 4.79 Å². The Labute approximate surface area is 118 Å². The molecule has 0 fully saturated rings. The molecule has 0 N–H and O–H groups in total. The first-order chi connectivity index (χ1) is 9.49. The molecule has 0 bridgehead atoms. The van der Waals surface area contributed by atoms with Crippen LogP contribution in [0.5, 0.6) is 0 Å². The molecule has 104 valence electrons. The van der Waals surface area contributed by atoms with Crippen LogP contribution in [0.4, 0.5) is 11.6 Å². The zero-order valence-electron chi connectivity index (χ0n) is 12.2. The van der Waals surface area contributed by atoms with Crippen molar-refractivity contribution in [2.45, 2.75) is 0 Å². The van der Waals surface area contributed by atoms with E-state index < -0.39 is 0 Å². The molecular weight excluding hydrogens is 252 g/mol. The van der Waals surface area contributed by atoms with Crippen LogP contribution in [0.25, 0.3) is 0 Å². The molecule has 0 aliphatic carbocycles. The van der Waals surface area contributed by atoms with Crippen molar-refractivity contribution in [3.63, 3.8) is 0 Å². The van der Waals surface area contributed by atoms with E-state index in [4.69, 9.17) is 0 Å². The Morgan fingerprint density at radius 3 is 1.45 bits per heavy atom. The lowest BCUT2D eigenvalue weighted by Crippen LogP contribution is -2.12. The molecule has 0 spiro atoms. The van der Waals surface area contributed by atoms with E-state index in [0.29, 0.717) is 11.1 Å². The molecule has 0 aliphatic rings. The predicted molar refractivity (Wildman–Crippen MR) is 80.6 cm³/mol. The monoisotopic (exact) mass is 270 g/mol. The standard InChI is InChI=1S/C15H18N4O/c1-18(2)13-7-5-11(9-16-13)15(20)12-6-8-14(17-10-12)19(3)4/h5-10H,1-4H3. The molecule has 2 rings (SSSR count). The van der Waals surface area contributed by atoms with Crippen molar-refractivity contribution in [1.29, 1.82) is 0 Å². The van der Waals surface area contributed by atoms with Gasteiger partial charge in [-0.15, -0.1) is 0 Å². The molecule has 0 unspecified atom stereocenters. The topological polar surface area (TPSA) is 49.3 Å². The fraction of sp³-hybridized carbons (Fsp3) is 0.267. The Kier molecular flexibility index (Phi) is 3.98. The maximum atomic E-state index is 12.3. The number of carbonyl (C=O) groups excluding carboxylic acids is 1. The molecule has 0 saturated heterocycles. The van der Waals surface area contributed by atoms with Gasteiger partial charge in [-0.2, -0.15) is 0 Å². The van der Waals surface area contributed by atoms with E-state index in [1.54, 1.807) is 24.5 Å². The highest BCUT2D eigenvalue weighted by Gasteiger charge is 2.11. The maximum absolute atomic E-state index is 12.3. The second-order valence-electron chi connectivity index (χ2n) is 4.93. The zero-order chi connectivity index (χ0) is 14.7. The quantitative estimate of drug-likeness (QED) is 0.793. The molecule has 0 aliphatic heterocycles. The molecule has 0 amide bonds. The van der Waals surface area contributed by atoms with E-state index in [2.05, 4.69) is 9.97 Å². The first-order valence-corrected chi connectivity index (χ1v) is 6.30. The van der Waals surface area contributed by atoms with Gasteiger partial charge in [-0.25, -0.2) is 9.97 Å². The summed E-state index contributed by atoms with van der Waals surface area (Å²) in [7, 11) is 7.64. The lowest BCUT2D eigenvalue weighted by molar-refractivity contribution is 0.103. The van der Waals surface area contributed by atoms with Crippen LogP contribution >= 0.6 is 0 Å². The fourth-order valence-electron chi connectivity index (χ4n) is 1.74. The van der Waals surface area contributed by atoms with Gasteiger partial charge in [0.15, 0.2) is 5.78 Å². The third-order valence-corrected chi connectivity index (χ3v) is 2.94. The van der Waals surface area contributed by atoms with Gasteiger partial charge in [-0.1, -0.05) is 0 Å². The Morgan fingerprint density at radius 2 is 1.20 bits per heavy atom. The number of anilines is 2. The fourth-order valence-corrected chi connectivity index (χ4v) is 1.74. The van der Waals surface area contributed by atoms with Crippen LogP contribution in [0.2, 0.25) is 0 Å². The van der Waals surface area contributed by atoms with Crippen molar-refractivity contribution in [1.82, 2.24) is 9.97 Å². The van der Waals surface area contributed by atoms with Crippen molar-refractivity contribution in [2.24, 2.45) is 0 Å². The highest BCUT2D eigenvalue weighted by molar-refractivity contribution is 6.08. The van der Waals surface area contributed by atoms with Crippen LogP contribution in [0.1, 0.15) is 15.9 Å². The second kappa shape index (κ2) is 5.69. The van der Waals surface area contributed by atoms with Gasteiger partial charge in [0.1, 0.15) is 11.6 Å². The average molecular weight is 270 g/mol. The minimum Gasteiger partial charge on any atom is -0.363 e. The molecule has 0 radical (unpaired) electrons. The first-order valence-electron chi connectivity index (χ1n) is 6.30. The lowest BCUT2D eigenvalue weighted by atomic mass is 10.1. The minimum atomic E-state index is -0.0689. The normalized spacial score (nSPS) is 10.2. The SMILES string of the molecule is CN(C)c1ccc(C(=O)c2ccc(N(C)C)nc2)cn1. The highest BCUT2D eigenvalue weighted by atomic mass is 16.1. The van der Waals surface area contributed by atoms with Crippen LogP contribution < -0.4 is 9.80 Å². The molecule has 0 atom stereocenters. The number of rotatable bonds is 4. The second-order valence-corrected chi connectivity index (χ2v) is 4.93. The van der Waals surface area contributed by atoms with Crippen molar-refractivity contribution in [3.8, 4) is 0 Å². The molecule has 5 heteroatoms. The predicted octanol–water partition coefficient (Wildman–Crippen LogP) is 1.84. The highest BCUT2D eigenvalue weighted by Crippen LogP contribution is 2.14. The van der Waals surface area contributed by atoms with Crippen LogP contribution in [0.3, 0.4) is 0 Å². The third-order valence-electron chi connectivity index (χ3n) is 2.94. The summed E-state index contributed by atoms with van der Waals surface area (Å²) in [5.41, 5.74) is 1.13. The number of hydrogen-bond acceptors (Lipinski definition) is 5. The molecule has 20 heavy (non-hydrogen) atoms. The number of carbonyl (C=O) groups is 1. The molecular formula is C15H18N4O. The van der Waals surface area contributed by atoms with Gasteiger partial charge < -0.3 is 9.80 Å². The van der Waals surface area contributed by atoms with Gasteiger partial charge in [-0.3, -0.25) is 4.79 Å². The lowest BCUT2D eigenvalue weighted by Gasteiger charge is -2.12. The molecule has 2 aromatic rings. The van der Waals surface area contributed by atoms with Gasteiger partial charge in [0.05, 0.1) is 0 Å². The summed E-state index contributed by atoms with van der Waals surface area (Å²) < 4.78 is 0. The molecule has 5 nitrogen and oxygen atoms in total. The van der Waals surface area contributed by atoms with Crippen molar-refractivity contribution < 1.29 is 4.79 Å². The third kappa shape index (κ3) is 2.93. The van der Waals surface area contributed by atoms with Gasteiger partial charge >= 0.3 is 0 Å². The molecule has 0 aromatic carbocycles. The summed E-state index contributed by atoms with van der Waals surface area (Å²) in [6.07, 6.45) is 3.19. The van der Waals surface area contributed by atoms with Crippen molar-refractivity contribution in [2.75, 3.05) is 38.0 Å². The van der Waals surface area contributed by atoms with E-state index in [-0.39, 0.29) is 5.78 Å². The summed E-state index contributed by atoms with van der Waals surface area (Å²) in [4.78, 5) is 24.6. The number of nitrogens with zero attached hydrogens (tertiary/aromatic N) is 4. The molecule has 2 heterocycles. The van der Waals surface area contributed by atoms with E-state index in [1.807, 2.05) is 50.1 Å². The maximum Gasteiger partial charge on any atom is 0.196 e. The number of pyridine rings is 2. The van der Waals surface area contributed by atoms with Crippen molar-refractivity contribution in [3.05, 3.63) is 47.8 Å². The van der Waals surface area contributed by atoms with Crippen molar-refractivity contribution >= 4 is 17.4 Å². The minimum absolute atomic E-state index is 0.0689. The van der Waals surface area contributed by atoms with Crippen LogP contribution in [-0.4, -0.2) is 43.9 Å². The van der Waals surface area contributed by atoms with Gasteiger partial charge in [0.25, 0.3) is 0 Å². The Bertz CT molecular complexity index is 535. The van der Waals surface area contributed by atoms with Gasteiger partial charge in [0.2, 0.25) is 0 Å². The number of ketones is 1. The average Bonchev–Trinajstić information content (AvgIpc) is 2.46. The van der Waals surface area contributed by atoms with Crippen LogP contribution in [0.15, 0.2) is 36.7 Å². The van der Waals surface area contributed by atoms with E-state index >= 15 is 0 Å². The Balaban J connectivity index is 2.22. The van der Waals surface area contributed by atoms with Crippen LogP contribution in [-0.2, 0) is 0 Å². The summed E-state index contributed by atoms with van der Waals surface area (Å²) in [6.45, 7) is 0. The first kappa shape index (κ1) is 14.0. The molecule has 0 saturated carbocycles. The number of hydrogen-bond donors (Lipinski definition) is 0. The van der Waals surface area contributed by atoms with Crippen LogP contribution in [0, 0.1) is 0 Å². The summed E-state index contributed by atoms with van der Waals surface area (Å²) in [6, 6.07) is 7.22. The summed E-state index contributed by atoms with van der Waals surface area (Å²) in [5.74, 6) is 1.57. The zero-order valence-corrected chi connectivity index (χ0v) is 12.2. The molecule has 2 aromatic heterocycles.